The van der Waals surface area contributed by atoms with Gasteiger partial charge in [0, 0.05) is 31.9 Å². The molecule has 0 bridgehead atoms. The molecule has 0 amide bonds. The van der Waals surface area contributed by atoms with Crippen LogP contribution in [0.3, 0.4) is 0 Å². The monoisotopic (exact) mass is 265 g/mol. The molecule has 1 N–H and O–H groups in total. The van der Waals surface area contributed by atoms with Gasteiger partial charge in [0.25, 0.3) is 0 Å². The molecule has 0 saturated carbocycles. The van der Waals surface area contributed by atoms with Crippen LogP contribution in [0.5, 0.6) is 0 Å². The van der Waals surface area contributed by atoms with Gasteiger partial charge >= 0.3 is 0 Å². The maximum Gasteiger partial charge on any atom is 0.170 e. The van der Waals surface area contributed by atoms with Crippen molar-refractivity contribution in [1.82, 2.24) is 10.3 Å². The van der Waals surface area contributed by atoms with Gasteiger partial charge in [-0.15, -0.1) is 6.58 Å². The van der Waals surface area contributed by atoms with E-state index in [0.717, 1.165) is 32.4 Å². The zero-order chi connectivity index (χ0) is 14.1. The fourth-order valence-corrected chi connectivity index (χ4v) is 1.85. The summed E-state index contributed by atoms with van der Waals surface area (Å²) in [6.45, 7) is 8.01. The minimum Gasteiger partial charge on any atom is -0.357 e. The number of hydrogen-bond donors (Lipinski definition) is 1. The number of allylic oxidation sites excluding steroid dienone is 1. The number of rotatable bonds is 9. The zero-order valence-corrected chi connectivity index (χ0v) is 12.0. The molecule has 0 atom stereocenters. The van der Waals surface area contributed by atoms with Crippen molar-refractivity contribution >= 4 is 5.82 Å². The van der Waals surface area contributed by atoms with E-state index in [2.05, 4.69) is 23.8 Å². The van der Waals surface area contributed by atoms with E-state index in [0.29, 0.717) is 17.9 Å². The van der Waals surface area contributed by atoms with Crippen LogP contribution < -0.4 is 10.2 Å². The average Bonchev–Trinajstić information content (AvgIpc) is 2.41. The van der Waals surface area contributed by atoms with Gasteiger partial charge in [-0.05, 0) is 31.9 Å². The molecule has 0 aromatic carbocycles. The van der Waals surface area contributed by atoms with E-state index in [9.17, 15) is 4.39 Å². The second-order valence-corrected chi connectivity index (χ2v) is 4.64. The first-order chi connectivity index (χ1) is 9.20. The molecular formula is C15H24FN3. The number of nitrogens with zero attached hydrogens (tertiary/aromatic N) is 2. The van der Waals surface area contributed by atoms with Gasteiger partial charge in [-0.25, -0.2) is 9.37 Å². The predicted molar refractivity (Wildman–Crippen MR) is 78.9 cm³/mol. The molecule has 0 saturated heterocycles. The number of anilines is 1. The Morgan fingerprint density at radius 1 is 1.53 bits per heavy atom. The summed E-state index contributed by atoms with van der Waals surface area (Å²) in [6, 6.07) is 1.74. The van der Waals surface area contributed by atoms with Crippen molar-refractivity contribution in [1.29, 1.82) is 0 Å². The Morgan fingerprint density at radius 3 is 3.00 bits per heavy atom. The van der Waals surface area contributed by atoms with Gasteiger partial charge in [0.1, 0.15) is 0 Å². The fourth-order valence-electron chi connectivity index (χ4n) is 1.85. The van der Waals surface area contributed by atoms with Crippen LogP contribution in [0, 0.1) is 5.82 Å². The lowest BCUT2D eigenvalue weighted by Crippen LogP contribution is -2.22. The van der Waals surface area contributed by atoms with E-state index in [1.165, 1.54) is 0 Å². The highest BCUT2D eigenvalue weighted by Gasteiger charge is 2.12. The predicted octanol–water partition coefficient (Wildman–Crippen LogP) is 3.12. The molecule has 4 heteroatoms. The summed E-state index contributed by atoms with van der Waals surface area (Å²) in [5.41, 5.74) is 0.675. The number of hydrogen-bond acceptors (Lipinski definition) is 3. The molecule has 1 rings (SSSR count). The van der Waals surface area contributed by atoms with Crippen molar-refractivity contribution in [2.45, 2.75) is 32.7 Å². The number of aromatic nitrogens is 1. The maximum absolute atomic E-state index is 14.3. The van der Waals surface area contributed by atoms with Gasteiger partial charge in [-0.1, -0.05) is 13.0 Å². The molecule has 0 aliphatic carbocycles. The molecular weight excluding hydrogens is 241 g/mol. The lowest BCUT2D eigenvalue weighted by Gasteiger charge is -2.19. The van der Waals surface area contributed by atoms with Crippen molar-refractivity contribution in [3.8, 4) is 0 Å². The molecule has 0 unspecified atom stereocenters. The highest BCUT2D eigenvalue weighted by atomic mass is 19.1. The summed E-state index contributed by atoms with van der Waals surface area (Å²) in [5.74, 6) is 0.215. The minimum atomic E-state index is -0.216. The van der Waals surface area contributed by atoms with Crippen molar-refractivity contribution in [2.75, 3.05) is 25.0 Å². The Morgan fingerprint density at radius 2 is 2.32 bits per heavy atom. The van der Waals surface area contributed by atoms with Gasteiger partial charge < -0.3 is 10.2 Å². The molecule has 0 spiro atoms. The first-order valence-corrected chi connectivity index (χ1v) is 6.86. The average molecular weight is 265 g/mol. The molecule has 0 radical (unpaired) electrons. The molecule has 19 heavy (non-hydrogen) atoms. The van der Waals surface area contributed by atoms with E-state index < -0.39 is 0 Å². The Balaban J connectivity index is 2.67. The molecule has 0 fully saturated rings. The summed E-state index contributed by atoms with van der Waals surface area (Å²) in [4.78, 5) is 6.01. The second-order valence-electron chi connectivity index (χ2n) is 4.64. The van der Waals surface area contributed by atoms with Crippen LogP contribution in [-0.2, 0) is 6.54 Å². The number of nitrogens with one attached hydrogen (secondary N) is 1. The molecule has 1 aromatic rings. The van der Waals surface area contributed by atoms with Gasteiger partial charge in [-0.3, -0.25) is 0 Å². The molecule has 0 aliphatic rings. The standard InChI is InChI=1S/C15H24FN3/c1-4-6-7-11-19(3)15-14(16)13(8-10-18-15)12-17-9-5-2/h4,8,10,17H,1,5-7,9,11-12H2,2-3H3. The summed E-state index contributed by atoms with van der Waals surface area (Å²) >= 11 is 0. The van der Waals surface area contributed by atoms with Crippen LogP contribution in [0.15, 0.2) is 24.9 Å². The Kier molecular flexibility index (Phi) is 7.11. The summed E-state index contributed by atoms with van der Waals surface area (Å²) in [7, 11) is 1.87. The summed E-state index contributed by atoms with van der Waals surface area (Å²) in [5, 5.41) is 3.21. The largest absolute Gasteiger partial charge is 0.357 e. The first-order valence-electron chi connectivity index (χ1n) is 6.86. The number of halogens is 1. The SMILES string of the molecule is C=CCCCN(C)c1nccc(CNCCC)c1F. The third-order valence-corrected chi connectivity index (χ3v) is 2.96. The van der Waals surface area contributed by atoms with Crippen LogP contribution in [0.25, 0.3) is 0 Å². The Hall–Kier alpha value is -1.42. The van der Waals surface area contributed by atoms with Crippen LogP contribution in [0.2, 0.25) is 0 Å². The number of pyridine rings is 1. The van der Waals surface area contributed by atoms with Crippen molar-refractivity contribution in [3.05, 3.63) is 36.3 Å². The van der Waals surface area contributed by atoms with Crippen molar-refractivity contribution in [2.24, 2.45) is 0 Å². The third kappa shape index (κ3) is 4.99. The maximum atomic E-state index is 14.3. The topological polar surface area (TPSA) is 28.2 Å². The van der Waals surface area contributed by atoms with Crippen LogP contribution in [-0.4, -0.2) is 25.1 Å². The van der Waals surface area contributed by atoms with Gasteiger partial charge in [0.05, 0.1) is 0 Å². The molecule has 3 nitrogen and oxygen atoms in total. The fraction of sp³-hybridized carbons (Fsp3) is 0.533. The van der Waals surface area contributed by atoms with Crippen LogP contribution in [0.4, 0.5) is 10.2 Å². The van der Waals surface area contributed by atoms with Gasteiger partial charge in [0.15, 0.2) is 11.6 Å². The molecule has 1 heterocycles. The lowest BCUT2D eigenvalue weighted by molar-refractivity contribution is 0.576. The lowest BCUT2D eigenvalue weighted by atomic mass is 10.2. The quantitative estimate of drug-likeness (QED) is 0.549. The van der Waals surface area contributed by atoms with Crippen molar-refractivity contribution in [3.63, 3.8) is 0 Å². The van der Waals surface area contributed by atoms with E-state index >= 15 is 0 Å². The summed E-state index contributed by atoms with van der Waals surface area (Å²) in [6.07, 6.45) is 6.48. The van der Waals surface area contributed by atoms with Gasteiger partial charge in [-0.2, -0.15) is 0 Å². The van der Waals surface area contributed by atoms with Gasteiger partial charge in [0.2, 0.25) is 0 Å². The minimum absolute atomic E-state index is 0.216. The van der Waals surface area contributed by atoms with E-state index in [1.807, 2.05) is 18.0 Å². The third-order valence-electron chi connectivity index (χ3n) is 2.96. The Bertz CT molecular complexity index is 393. The summed E-state index contributed by atoms with van der Waals surface area (Å²) < 4.78 is 14.3. The molecule has 1 aromatic heterocycles. The van der Waals surface area contributed by atoms with Crippen LogP contribution in [0.1, 0.15) is 31.7 Å². The highest BCUT2D eigenvalue weighted by molar-refractivity contribution is 5.42. The van der Waals surface area contributed by atoms with Crippen LogP contribution >= 0.6 is 0 Å². The smallest absolute Gasteiger partial charge is 0.170 e. The first kappa shape index (κ1) is 15.6. The molecule has 0 aliphatic heterocycles. The Labute approximate surface area is 115 Å². The normalized spacial score (nSPS) is 10.5. The van der Waals surface area contributed by atoms with E-state index in [-0.39, 0.29) is 5.82 Å². The number of unbranched alkanes of at least 4 members (excludes halogenated alkanes) is 1. The highest BCUT2D eigenvalue weighted by Crippen LogP contribution is 2.18. The zero-order valence-electron chi connectivity index (χ0n) is 12.0. The van der Waals surface area contributed by atoms with Crippen molar-refractivity contribution < 1.29 is 4.39 Å². The van der Waals surface area contributed by atoms with E-state index in [1.54, 1.807) is 12.3 Å². The second kappa shape index (κ2) is 8.64. The molecule has 106 valence electrons. The van der Waals surface area contributed by atoms with E-state index in [4.69, 9.17) is 0 Å².